The smallest absolute Gasteiger partial charge is 0.311 e. The van der Waals surface area contributed by atoms with Crippen molar-refractivity contribution in [1.29, 1.82) is 0 Å². The summed E-state index contributed by atoms with van der Waals surface area (Å²) in [4.78, 5) is 24.8. The number of aliphatic carboxylic acids is 1. The molecule has 0 saturated carbocycles. The Kier molecular flexibility index (Phi) is 3.12. The van der Waals surface area contributed by atoms with Crippen LogP contribution in [0, 0.1) is 5.41 Å². The lowest BCUT2D eigenvalue weighted by atomic mass is 9.90. The molecule has 2 fully saturated rings. The first-order chi connectivity index (χ1) is 7.92. The highest BCUT2D eigenvalue weighted by Crippen LogP contribution is 2.32. The van der Waals surface area contributed by atoms with Crippen molar-refractivity contribution < 1.29 is 19.4 Å². The van der Waals surface area contributed by atoms with Gasteiger partial charge in [-0.25, -0.2) is 0 Å². The number of rotatable bonds is 2. The van der Waals surface area contributed by atoms with Gasteiger partial charge in [-0.15, -0.1) is 0 Å². The maximum Gasteiger partial charge on any atom is 0.311 e. The molecule has 17 heavy (non-hydrogen) atoms. The van der Waals surface area contributed by atoms with Crippen molar-refractivity contribution in [2.45, 2.75) is 45.3 Å². The molecule has 96 valence electrons. The topological polar surface area (TPSA) is 66.8 Å². The molecule has 0 radical (unpaired) electrons. The number of ether oxygens (including phenoxy) is 1. The van der Waals surface area contributed by atoms with Crippen LogP contribution in [0.15, 0.2) is 0 Å². The summed E-state index contributed by atoms with van der Waals surface area (Å²) in [6.45, 7) is 4.48. The zero-order valence-electron chi connectivity index (χ0n) is 10.3. The monoisotopic (exact) mass is 241 g/mol. The van der Waals surface area contributed by atoms with Gasteiger partial charge < -0.3 is 14.7 Å². The summed E-state index contributed by atoms with van der Waals surface area (Å²) < 4.78 is 5.53. The lowest BCUT2D eigenvalue weighted by molar-refractivity contribution is -0.148. The molecule has 0 aromatic rings. The average Bonchev–Trinajstić information content (AvgIpc) is 2.85. The van der Waals surface area contributed by atoms with Gasteiger partial charge in [-0.05, 0) is 33.1 Å². The molecule has 2 aliphatic rings. The summed E-state index contributed by atoms with van der Waals surface area (Å²) in [6, 6.07) is 0. The van der Waals surface area contributed by atoms with E-state index in [0.29, 0.717) is 19.5 Å². The van der Waals surface area contributed by atoms with Crippen molar-refractivity contribution in [3.05, 3.63) is 0 Å². The third kappa shape index (κ3) is 2.29. The quantitative estimate of drug-likeness (QED) is 0.779. The third-order valence-corrected chi connectivity index (χ3v) is 3.81. The van der Waals surface area contributed by atoms with Crippen LogP contribution >= 0.6 is 0 Å². The van der Waals surface area contributed by atoms with E-state index in [1.807, 2.05) is 6.92 Å². The van der Waals surface area contributed by atoms with Gasteiger partial charge in [0.1, 0.15) is 6.10 Å². The van der Waals surface area contributed by atoms with E-state index in [4.69, 9.17) is 9.84 Å². The fourth-order valence-electron chi connectivity index (χ4n) is 2.51. The van der Waals surface area contributed by atoms with Gasteiger partial charge in [0.05, 0.1) is 11.5 Å². The maximum absolute atomic E-state index is 12.1. The van der Waals surface area contributed by atoms with Gasteiger partial charge in [0.25, 0.3) is 5.91 Å². The normalized spacial score (nSPS) is 37.4. The molecule has 0 aromatic carbocycles. The Morgan fingerprint density at radius 3 is 2.59 bits per heavy atom. The van der Waals surface area contributed by atoms with E-state index in [1.165, 1.54) is 0 Å². The fraction of sp³-hybridized carbons (Fsp3) is 0.833. The third-order valence-electron chi connectivity index (χ3n) is 3.81. The zero-order valence-corrected chi connectivity index (χ0v) is 10.3. The highest BCUT2D eigenvalue weighted by Gasteiger charge is 2.44. The van der Waals surface area contributed by atoms with E-state index in [1.54, 1.807) is 11.8 Å². The number of carboxylic acid groups (broad SMARTS) is 1. The molecule has 0 bridgehead atoms. The van der Waals surface area contributed by atoms with E-state index in [9.17, 15) is 9.59 Å². The van der Waals surface area contributed by atoms with Gasteiger partial charge in [-0.2, -0.15) is 0 Å². The van der Waals surface area contributed by atoms with Crippen molar-refractivity contribution in [3.8, 4) is 0 Å². The Labute approximate surface area is 101 Å². The largest absolute Gasteiger partial charge is 0.481 e. The molecular formula is C12H19NO4. The number of carboxylic acids is 1. The first kappa shape index (κ1) is 12.4. The van der Waals surface area contributed by atoms with Crippen molar-refractivity contribution in [2.24, 2.45) is 5.41 Å². The SMILES string of the molecule is CC1CCC(C(=O)N2CCC(C)(C(=O)O)C2)O1. The average molecular weight is 241 g/mol. The molecule has 0 aliphatic carbocycles. The summed E-state index contributed by atoms with van der Waals surface area (Å²) >= 11 is 0. The summed E-state index contributed by atoms with van der Waals surface area (Å²) in [5, 5.41) is 9.11. The second-order valence-electron chi connectivity index (χ2n) is 5.39. The highest BCUT2D eigenvalue weighted by atomic mass is 16.5. The van der Waals surface area contributed by atoms with Crippen LogP contribution in [0.25, 0.3) is 0 Å². The number of hydrogen-bond donors (Lipinski definition) is 1. The predicted octanol–water partition coefficient (Wildman–Crippen LogP) is 0.877. The Balaban J connectivity index is 1.97. The van der Waals surface area contributed by atoms with Crippen molar-refractivity contribution in [1.82, 2.24) is 4.90 Å². The summed E-state index contributed by atoms with van der Waals surface area (Å²) in [6.07, 6.45) is 1.95. The molecule has 2 heterocycles. The van der Waals surface area contributed by atoms with Gasteiger partial charge in [0, 0.05) is 13.1 Å². The summed E-state index contributed by atoms with van der Waals surface area (Å²) in [5.41, 5.74) is -0.792. The van der Waals surface area contributed by atoms with E-state index in [-0.39, 0.29) is 18.1 Å². The predicted molar refractivity (Wildman–Crippen MR) is 60.5 cm³/mol. The van der Waals surface area contributed by atoms with Crippen LogP contribution in [0.1, 0.15) is 33.1 Å². The van der Waals surface area contributed by atoms with Crippen molar-refractivity contribution in [3.63, 3.8) is 0 Å². The summed E-state index contributed by atoms with van der Waals surface area (Å²) in [5.74, 6) is -0.868. The van der Waals surface area contributed by atoms with Gasteiger partial charge in [-0.1, -0.05) is 0 Å². The standard InChI is InChI=1S/C12H19NO4/c1-8-3-4-9(17-8)10(14)13-6-5-12(2,7-13)11(15)16/h8-9H,3-7H2,1-2H3,(H,15,16). The Hall–Kier alpha value is -1.10. The second kappa shape index (κ2) is 4.29. The molecule has 1 N–H and O–H groups in total. The van der Waals surface area contributed by atoms with Gasteiger partial charge >= 0.3 is 5.97 Å². The van der Waals surface area contributed by atoms with Crippen LogP contribution in [0.3, 0.4) is 0 Å². The first-order valence-corrected chi connectivity index (χ1v) is 6.10. The molecule has 2 saturated heterocycles. The molecule has 2 aliphatic heterocycles. The number of carbonyl (C=O) groups is 2. The first-order valence-electron chi connectivity index (χ1n) is 6.10. The summed E-state index contributed by atoms with van der Waals surface area (Å²) in [7, 11) is 0. The van der Waals surface area contributed by atoms with E-state index >= 15 is 0 Å². The van der Waals surface area contributed by atoms with E-state index < -0.39 is 11.4 Å². The Bertz CT molecular complexity index is 343. The molecule has 5 heteroatoms. The molecule has 3 atom stereocenters. The van der Waals surface area contributed by atoms with Gasteiger partial charge in [0.2, 0.25) is 0 Å². The van der Waals surface area contributed by atoms with Crippen LogP contribution in [0.5, 0.6) is 0 Å². The maximum atomic E-state index is 12.1. The zero-order chi connectivity index (χ0) is 12.6. The van der Waals surface area contributed by atoms with Crippen molar-refractivity contribution in [2.75, 3.05) is 13.1 Å². The van der Waals surface area contributed by atoms with Gasteiger partial charge in [-0.3, -0.25) is 9.59 Å². The lowest BCUT2D eigenvalue weighted by Crippen LogP contribution is -2.40. The van der Waals surface area contributed by atoms with E-state index in [0.717, 1.165) is 12.8 Å². The number of nitrogens with zero attached hydrogens (tertiary/aromatic N) is 1. The number of likely N-dealkylation sites (tertiary alicyclic amines) is 1. The minimum Gasteiger partial charge on any atom is -0.481 e. The Morgan fingerprint density at radius 1 is 1.41 bits per heavy atom. The second-order valence-corrected chi connectivity index (χ2v) is 5.39. The molecule has 1 amide bonds. The van der Waals surface area contributed by atoms with E-state index in [2.05, 4.69) is 0 Å². The van der Waals surface area contributed by atoms with Crippen LogP contribution in [0.4, 0.5) is 0 Å². The van der Waals surface area contributed by atoms with Crippen LogP contribution < -0.4 is 0 Å². The molecule has 3 unspecified atom stereocenters. The van der Waals surface area contributed by atoms with Gasteiger partial charge in [0.15, 0.2) is 0 Å². The minimum atomic E-state index is -0.825. The minimum absolute atomic E-state index is 0.0423. The highest BCUT2D eigenvalue weighted by molar-refractivity contribution is 5.83. The number of carbonyl (C=O) groups excluding carboxylic acids is 1. The van der Waals surface area contributed by atoms with Crippen LogP contribution in [-0.2, 0) is 14.3 Å². The molecule has 0 spiro atoms. The molecular weight excluding hydrogens is 222 g/mol. The van der Waals surface area contributed by atoms with Crippen LogP contribution in [-0.4, -0.2) is 47.2 Å². The molecule has 5 nitrogen and oxygen atoms in total. The molecule has 0 aromatic heterocycles. The number of hydrogen-bond acceptors (Lipinski definition) is 3. The van der Waals surface area contributed by atoms with Crippen LogP contribution in [0.2, 0.25) is 0 Å². The number of amides is 1. The fourth-order valence-corrected chi connectivity index (χ4v) is 2.51. The Morgan fingerprint density at radius 2 is 2.12 bits per heavy atom. The lowest BCUT2D eigenvalue weighted by Gasteiger charge is -2.22. The van der Waals surface area contributed by atoms with Crippen molar-refractivity contribution >= 4 is 11.9 Å². The molecule has 2 rings (SSSR count).